The minimum absolute atomic E-state index is 0.140. The number of benzene rings is 8. The standard InChI is InChI=1S/C47H35N/c1-47(2)42-24-14-26-45(46(42)41-30-35-19-8-9-20-36(35)31-43(41)47)48(37-28-27-32-15-6-7-18-34(32)29-37)44-25-13-12-23-40(44)39-22-11-10-21-38(39)33-16-4-3-5-17-33/h3-31H,1-2H3. The molecule has 0 saturated heterocycles. The molecule has 0 aliphatic heterocycles. The summed E-state index contributed by atoms with van der Waals surface area (Å²) in [5, 5.41) is 5.01. The topological polar surface area (TPSA) is 3.24 Å². The van der Waals surface area contributed by atoms with Gasteiger partial charge in [0.15, 0.2) is 0 Å². The Morgan fingerprint density at radius 1 is 0.375 bits per heavy atom. The second-order valence-electron chi connectivity index (χ2n) is 13.4. The Balaban J connectivity index is 1.35. The summed E-state index contributed by atoms with van der Waals surface area (Å²) in [6.45, 7) is 4.75. The maximum Gasteiger partial charge on any atom is 0.0543 e. The van der Waals surface area contributed by atoms with Gasteiger partial charge in [-0.2, -0.15) is 0 Å². The highest BCUT2D eigenvalue weighted by atomic mass is 15.1. The fourth-order valence-electron chi connectivity index (χ4n) is 7.85. The van der Waals surface area contributed by atoms with Crippen molar-refractivity contribution in [3.05, 3.63) is 187 Å². The van der Waals surface area contributed by atoms with Crippen LogP contribution in [0.2, 0.25) is 0 Å². The average molecular weight is 614 g/mol. The Hall–Kier alpha value is -5.92. The summed E-state index contributed by atoms with van der Waals surface area (Å²) in [6, 6.07) is 64.4. The van der Waals surface area contributed by atoms with Crippen LogP contribution in [0.4, 0.5) is 17.1 Å². The number of nitrogens with zero attached hydrogens (tertiary/aromatic N) is 1. The van der Waals surface area contributed by atoms with Crippen molar-refractivity contribution >= 4 is 38.6 Å². The first-order chi connectivity index (χ1) is 23.6. The molecule has 0 atom stereocenters. The van der Waals surface area contributed by atoms with E-state index in [0.717, 1.165) is 11.4 Å². The molecule has 1 aliphatic carbocycles. The van der Waals surface area contributed by atoms with Gasteiger partial charge in [0.25, 0.3) is 0 Å². The Labute approximate surface area is 282 Å². The molecule has 1 heteroatoms. The Morgan fingerprint density at radius 3 is 1.73 bits per heavy atom. The largest absolute Gasteiger partial charge is 0.309 e. The minimum atomic E-state index is -0.140. The molecule has 8 aromatic carbocycles. The van der Waals surface area contributed by atoms with Gasteiger partial charge >= 0.3 is 0 Å². The fraction of sp³-hybridized carbons (Fsp3) is 0.0638. The quantitative estimate of drug-likeness (QED) is 0.187. The molecule has 0 bridgehead atoms. The van der Waals surface area contributed by atoms with Gasteiger partial charge in [0.1, 0.15) is 0 Å². The van der Waals surface area contributed by atoms with Crippen molar-refractivity contribution in [1.82, 2.24) is 0 Å². The van der Waals surface area contributed by atoms with Gasteiger partial charge in [0.2, 0.25) is 0 Å². The molecule has 1 aliphatic rings. The third-order valence-corrected chi connectivity index (χ3v) is 10.2. The van der Waals surface area contributed by atoms with Crippen molar-refractivity contribution in [1.29, 1.82) is 0 Å². The van der Waals surface area contributed by atoms with Crippen molar-refractivity contribution in [2.24, 2.45) is 0 Å². The molecule has 48 heavy (non-hydrogen) atoms. The Bertz CT molecular complexity index is 2490. The lowest BCUT2D eigenvalue weighted by atomic mass is 9.82. The summed E-state index contributed by atoms with van der Waals surface area (Å²) in [5.74, 6) is 0. The van der Waals surface area contributed by atoms with Crippen LogP contribution >= 0.6 is 0 Å². The monoisotopic (exact) mass is 613 g/mol. The number of hydrogen-bond donors (Lipinski definition) is 0. The summed E-state index contributed by atoms with van der Waals surface area (Å²) in [4.78, 5) is 2.50. The van der Waals surface area contributed by atoms with Crippen LogP contribution in [-0.4, -0.2) is 0 Å². The number of fused-ring (bicyclic) bond motifs is 5. The average Bonchev–Trinajstić information content (AvgIpc) is 3.37. The summed E-state index contributed by atoms with van der Waals surface area (Å²) in [7, 11) is 0. The van der Waals surface area contributed by atoms with Gasteiger partial charge in [-0.1, -0.05) is 153 Å². The smallest absolute Gasteiger partial charge is 0.0543 e. The van der Waals surface area contributed by atoms with Gasteiger partial charge < -0.3 is 4.90 Å². The molecule has 0 saturated carbocycles. The molecular weight excluding hydrogens is 579 g/mol. The zero-order valence-electron chi connectivity index (χ0n) is 27.2. The molecule has 9 rings (SSSR count). The molecule has 0 radical (unpaired) electrons. The molecule has 0 spiro atoms. The number of hydrogen-bond acceptors (Lipinski definition) is 1. The lowest BCUT2D eigenvalue weighted by molar-refractivity contribution is 0.661. The van der Waals surface area contributed by atoms with Crippen molar-refractivity contribution in [2.75, 3.05) is 4.90 Å². The highest BCUT2D eigenvalue weighted by molar-refractivity contribution is 6.03. The molecule has 8 aromatic rings. The van der Waals surface area contributed by atoms with Gasteiger partial charge in [-0.3, -0.25) is 0 Å². The summed E-state index contributed by atoms with van der Waals surface area (Å²) in [5.41, 5.74) is 13.5. The zero-order valence-corrected chi connectivity index (χ0v) is 27.2. The summed E-state index contributed by atoms with van der Waals surface area (Å²) < 4.78 is 0. The first kappa shape index (κ1) is 28.3. The van der Waals surface area contributed by atoms with Crippen LogP contribution in [-0.2, 0) is 5.41 Å². The second-order valence-corrected chi connectivity index (χ2v) is 13.4. The van der Waals surface area contributed by atoms with E-state index in [9.17, 15) is 0 Å². The summed E-state index contributed by atoms with van der Waals surface area (Å²) >= 11 is 0. The normalized spacial score (nSPS) is 13.0. The number of anilines is 3. The van der Waals surface area contributed by atoms with Crippen LogP contribution in [0.1, 0.15) is 25.0 Å². The third-order valence-electron chi connectivity index (χ3n) is 10.2. The van der Waals surface area contributed by atoms with Crippen molar-refractivity contribution in [3.8, 4) is 33.4 Å². The van der Waals surface area contributed by atoms with Gasteiger partial charge in [-0.05, 0) is 91.3 Å². The van der Waals surface area contributed by atoms with E-state index < -0.39 is 0 Å². The molecule has 0 unspecified atom stereocenters. The van der Waals surface area contributed by atoms with Crippen LogP contribution < -0.4 is 4.90 Å². The number of para-hydroxylation sites is 1. The van der Waals surface area contributed by atoms with Crippen LogP contribution in [0.5, 0.6) is 0 Å². The minimum Gasteiger partial charge on any atom is -0.309 e. The van der Waals surface area contributed by atoms with Crippen LogP contribution in [0.3, 0.4) is 0 Å². The molecule has 0 N–H and O–H groups in total. The molecule has 228 valence electrons. The molecule has 0 fully saturated rings. The van der Waals surface area contributed by atoms with Crippen molar-refractivity contribution < 1.29 is 0 Å². The number of rotatable bonds is 5. The fourth-order valence-corrected chi connectivity index (χ4v) is 7.85. The first-order valence-electron chi connectivity index (χ1n) is 16.8. The Kier molecular flexibility index (Phi) is 6.55. The predicted octanol–water partition coefficient (Wildman–Crippen LogP) is 13.1. The Morgan fingerprint density at radius 2 is 0.958 bits per heavy atom. The van der Waals surface area contributed by atoms with Crippen LogP contribution in [0, 0.1) is 0 Å². The lowest BCUT2D eigenvalue weighted by Crippen LogP contribution is -2.16. The van der Waals surface area contributed by atoms with Gasteiger partial charge in [0, 0.05) is 22.2 Å². The molecule has 0 aromatic heterocycles. The summed E-state index contributed by atoms with van der Waals surface area (Å²) in [6.07, 6.45) is 0. The second kappa shape index (κ2) is 11.1. The van der Waals surface area contributed by atoms with E-state index in [-0.39, 0.29) is 5.41 Å². The zero-order chi connectivity index (χ0) is 32.2. The molecule has 0 heterocycles. The molecule has 1 nitrogen and oxygen atoms in total. The van der Waals surface area contributed by atoms with Crippen molar-refractivity contribution in [3.63, 3.8) is 0 Å². The van der Waals surface area contributed by atoms with E-state index in [1.807, 2.05) is 0 Å². The van der Waals surface area contributed by atoms with E-state index in [1.54, 1.807) is 0 Å². The van der Waals surface area contributed by atoms with Gasteiger partial charge in [-0.25, -0.2) is 0 Å². The van der Waals surface area contributed by atoms with Crippen LogP contribution in [0.15, 0.2) is 176 Å². The predicted molar refractivity (Wildman–Crippen MR) is 205 cm³/mol. The van der Waals surface area contributed by atoms with E-state index in [1.165, 1.54) is 71.7 Å². The lowest BCUT2D eigenvalue weighted by Gasteiger charge is -2.31. The van der Waals surface area contributed by atoms with Crippen LogP contribution in [0.25, 0.3) is 54.9 Å². The maximum absolute atomic E-state index is 2.50. The molecular formula is C47H35N. The van der Waals surface area contributed by atoms with E-state index >= 15 is 0 Å². The van der Waals surface area contributed by atoms with E-state index in [4.69, 9.17) is 0 Å². The highest BCUT2D eigenvalue weighted by Gasteiger charge is 2.38. The molecule has 0 amide bonds. The van der Waals surface area contributed by atoms with Gasteiger partial charge in [-0.15, -0.1) is 0 Å². The third kappa shape index (κ3) is 4.47. The van der Waals surface area contributed by atoms with E-state index in [2.05, 4.69) is 195 Å². The van der Waals surface area contributed by atoms with Gasteiger partial charge in [0.05, 0.1) is 11.4 Å². The first-order valence-corrected chi connectivity index (χ1v) is 16.8. The van der Waals surface area contributed by atoms with E-state index in [0.29, 0.717) is 0 Å². The maximum atomic E-state index is 2.50. The SMILES string of the molecule is CC1(C)c2cc3ccccc3cc2-c2c(N(c3ccc4ccccc4c3)c3ccccc3-c3ccccc3-c3ccccc3)cccc21. The highest BCUT2D eigenvalue weighted by Crippen LogP contribution is 2.56. The van der Waals surface area contributed by atoms with Crippen molar-refractivity contribution in [2.45, 2.75) is 19.3 Å².